The van der Waals surface area contributed by atoms with Gasteiger partial charge in [0.2, 0.25) is 0 Å². The summed E-state index contributed by atoms with van der Waals surface area (Å²) in [6.07, 6.45) is 0. The molecule has 2 heterocycles. The summed E-state index contributed by atoms with van der Waals surface area (Å²) in [5, 5.41) is 24.5. The van der Waals surface area contributed by atoms with Gasteiger partial charge in [0.25, 0.3) is 0 Å². The molecule has 0 spiro atoms. The van der Waals surface area contributed by atoms with Crippen LogP contribution in [-0.4, -0.2) is 29.9 Å². The molecule has 0 unspecified atom stereocenters. The predicted octanol–water partition coefficient (Wildman–Crippen LogP) is 26.4. The molecule has 0 N–H and O–H groups in total. The van der Waals surface area contributed by atoms with Crippen molar-refractivity contribution >= 4 is 21.5 Å². The molecule has 0 saturated heterocycles. The zero-order valence-electron chi connectivity index (χ0n) is 63.1. The molecule has 2 aliphatic carbocycles. The molecule has 0 atom stereocenters. The Hall–Kier alpha value is -15.0. The molecule has 534 valence electrons. The normalized spacial score (nSPS) is 12.7. The Balaban J connectivity index is 0.684. The van der Waals surface area contributed by atoms with E-state index in [1.165, 1.54) is 38.9 Å². The molecule has 0 amide bonds. The summed E-state index contributed by atoms with van der Waals surface area (Å²) >= 11 is 0. The van der Waals surface area contributed by atoms with Gasteiger partial charge in [-0.05, 0) is 163 Å². The Morgan fingerprint density at radius 3 is 1.15 bits per heavy atom. The highest BCUT2D eigenvalue weighted by atomic mass is 15.0. The fraction of sp³-hybridized carbons (Fsp3) is 0.0566. The third-order valence-corrected chi connectivity index (χ3v) is 23.4. The fourth-order valence-electron chi connectivity index (χ4n) is 17.6. The average molecular weight is 1460 g/mol. The second-order valence-electron chi connectivity index (χ2n) is 30.6. The Morgan fingerprint density at radius 2 is 0.588 bits per heavy atom. The number of rotatable bonds is 13. The van der Waals surface area contributed by atoms with Crippen LogP contribution in [0.5, 0.6) is 0 Å². The van der Waals surface area contributed by atoms with E-state index in [2.05, 4.69) is 295 Å². The summed E-state index contributed by atoms with van der Waals surface area (Å²) in [4.78, 5) is 31.4. The van der Waals surface area contributed by atoms with E-state index in [9.17, 15) is 10.5 Å². The molecule has 2 aliphatic rings. The molecular weight excluding hydrogens is 1390 g/mol. The van der Waals surface area contributed by atoms with E-state index in [1.807, 2.05) is 97.1 Å². The van der Waals surface area contributed by atoms with Gasteiger partial charge in [0.05, 0.1) is 23.3 Å². The van der Waals surface area contributed by atoms with Crippen molar-refractivity contribution < 1.29 is 0 Å². The van der Waals surface area contributed by atoms with Gasteiger partial charge in [-0.15, -0.1) is 0 Å². The molecular formula is C106H70N8. The highest BCUT2D eigenvalue weighted by Crippen LogP contribution is 2.55. The summed E-state index contributed by atoms with van der Waals surface area (Å²) < 4.78 is 0. The fourth-order valence-corrected chi connectivity index (χ4v) is 17.6. The van der Waals surface area contributed by atoms with E-state index in [4.69, 9.17) is 29.9 Å². The number of aromatic nitrogens is 6. The summed E-state index contributed by atoms with van der Waals surface area (Å²) in [7, 11) is 0. The summed E-state index contributed by atoms with van der Waals surface area (Å²) in [6.45, 7) is 9.04. The minimum Gasteiger partial charge on any atom is -0.208 e. The highest BCUT2D eigenvalue weighted by Gasteiger charge is 2.39. The summed E-state index contributed by atoms with van der Waals surface area (Å²) in [5.41, 5.74) is 30.8. The van der Waals surface area contributed by atoms with Crippen LogP contribution in [-0.2, 0) is 10.8 Å². The minimum atomic E-state index is -0.276. The Morgan fingerprint density at radius 1 is 0.211 bits per heavy atom. The lowest BCUT2D eigenvalue weighted by Gasteiger charge is -2.22. The van der Waals surface area contributed by atoms with Crippen LogP contribution in [0.1, 0.15) is 61.1 Å². The number of nitrogens with zero attached hydrogens (tertiary/aromatic N) is 8. The van der Waals surface area contributed by atoms with Crippen molar-refractivity contribution in [1.82, 2.24) is 29.9 Å². The lowest BCUT2D eigenvalue weighted by atomic mass is 9.81. The predicted molar refractivity (Wildman–Crippen MR) is 463 cm³/mol. The summed E-state index contributed by atoms with van der Waals surface area (Å²) in [6, 6.07) is 129. The van der Waals surface area contributed by atoms with Crippen molar-refractivity contribution in [2.75, 3.05) is 0 Å². The minimum absolute atomic E-state index is 0.244. The van der Waals surface area contributed by atoms with Crippen LogP contribution in [0.4, 0.5) is 0 Å². The van der Waals surface area contributed by atoms with Gasteiger partial charge in [-0.25, -0.2) is 29.9 Å². The average Bonchev–Trinajstić information content (AvgIpc) is 1.52. The van der Waals surface area contributed by atoms with Crippen LogP contribution in [0.2, 0.25) is 0 Å². The van der Waals surface area contributed by atoms with Gasteiger partial charge < -0.3 is 0 Å². The highest BCUT2D eigenvalue weighted by molar-refractivity contribution is 6.11. The van der Waals surface area contributed by atoms with E-state index in [0.29, 0.717) is 46.1 Å². The first kappa shape index (κ1) is 68.3. The molecule has 8 heteroatoms. The van der Waals surface area contributed by atoms with Gasteiger partial charge in [0.1, 0.15) is 0 Å². The van der Waals surface area contributed by atoms with Gasteiger partial charge in [0, 0.05) is 49.8 Å². The maximum Gasteiger partial charge on any atom is 0.164 e. The largest absolute Gasteiger partial charge is 0.208 e. The molecule has 18 aromatic rings. The van der Waals surface area contributed by atoms with Crippen LogP contribution in [0.25, 0.3) is 190 Å². The maximum absolute atomic E-state index is 10.2. The monoisotopic (exact) mass is 1450 g/mol. The molecule has 0 aliphatic heterocycles. The first-order chi connectivity index (χ1) is 55.9. The Kier molecular flexibility index (Phi) is 16.5. The van der Waals surface area contributed by atoms with Crippen molar-refractivity contribution in [3.8, 4) is 181 Å². The van der Waals surface area contributed by atoms with Crippen LogP contribution >= 0.6 is 0 Å². The Labute approximate surface area is 662 Å². The second-order valence-corrected chi connectivity index (χ2v) is 30.6. The van der Waals surface area contributed by atoms with E-state index >= 15 is 0 Å². The SMILES string of the molecule is CC1(C)c2cc(-c3ccc(-c4ccc5c(-c6ccccc6-c6nc(-c7ccccc7)nc(-c7ccc(-c8c(-c9ccc(-c%10cccc%11c%10-c%10ccc(C#N)cc%10C%11(C)C)cc9)ccc9ccccc89)cc7)n6)cccc5c4-c4ccc(-c5nc(-c6ccccc6)nc(-c6ccccc6)n5)cc4)cc3)ccc2-c2c(C#N)cccc21. The van der Waals surface area contributed by atoms with Crippen molar-refractivity contribution in [1.29, 1.82) is 10.5 Å². The smallest absolute Gasteiger partial charge is 0.164 e. The Bertz CT molecular complexity index is 6940. The molecule has 2 aromatic heterocycles. The number of hydrogen-bond donors (Lipinski definition) is 0. The second kappa shape index (κ2) is 27.6. The molecule has 16 aromatic carbocycles. The third kappa shape index (κ3) is 11.7. The maximum atomic E-state index is 10.2. The van der Waals surface area contributed by atoms with E-state index in [1.54, 1.807) is 0 Å². The van der Waals surface area contributed by atoms with Crippen molar-refractivity contribution in [2.24, 2.45) is 0 Å². The van der Waals surface area contributed by atoms with Crippen LogP contribution in [0.15, 0.2) is 352 Å². The van der Waals surface area contributed by atoms with Crippen LogP contribution in [0.3, 0.4) is 0 Å². The van der Waals surface area contributed by atoms with E-state index < -0.39 is 0 Å². The third-order valence-electron chi connectivity index (χ3n) is 23.4. The van der Waals surface area contributed by atoms with Gasteiger partial charge in [-0.2, -0.15) is 10.5 Å². The molecule has 114 heavy (non-hydrogen) atoms. The van der Waals surface area contributed by atoms with E-state index in [0.717, 1.165) is 138 Å². The zero-order valence-corrected chi connectivity index (χ0v) is 63.1. The van der Waals surface area contributed by atoms with Crippen molar-refractivity contribution in [3.63, 3.8) is 0 Å². The number of benzene rings is 16. The van der Waals surface area contributed by atoms with Crippen LogP contribution < -0.4 is 0 Å². The number of hydrogen-bond acceptors (Lipinski definition) is 8. The zero-order chi connectivity index (χ0) is 76.8. The number of fused-ring (bicyclic) bond motifs is 8. The first-order valence-electron chi connectivity index (χ1n) is 38.6. The molecule has 0 bridgehead atoms. The van der Waals surface area contributed by atoms with Gasteiger partial charge >= 0.3 is 0 Å². The topological polar surface area (TPSA) is 125 Å². The van der Waals surface area contributed by atoms with Gasteiger partial charge in [-0.1, -0.05) is 355 Å². The molecule has 0 saturated carbocycles. The van der Waals surface area contributed by atoms with Crippen molar-refractivity contribution in [2.45, 2.75) is 38.5 Å². The molecule has 8 nitrogen and oxygen atoms in total. The number of nitriles is 2. The molecule has 0 radical (unpaired) electrons. The first-order valence-corrected chi connectivity index (χ1v) is 38.6. The van der Waals surface area contributed by atoms with E-state index in [-0.39, 0.29) is 10.8 Å². The van der Waals surface area contributed by atoms with Crippen molar-refractivity contribution in [3.05, 3.63) is 385 Å². The molecule has 20 rings (SSSR count). The summed E-state index contributed by atoms with van der Waals surface area (Å²) in [5.74, 6) is 3.46. The molecule has 0 fully saturated rings. The lowest BCUT2D eigenvalue weighted by Crippen LogP contribution is -2.15. The van der Waals surface area contributed by atoms with Crippen LogP contribution in [0, 0.1) is 22.7 Å². The van der Waals surface area contributed by atoms with Gasteiger partial charge in [0.15, 0.2) is 34.9 Å². The quantitative estimate of drug-likeness (QED) is 0.112. The van der Waals surface area contributed by atoms with Gasteiger partial charge in [-0.3, -0.25) is 0 Å². The standard InChI is InChI=1S/C106H70N8/c1-105(2)91-35-18-28-79(64-108)97(91)89-58-55-78(62-94(89)105)66-38-40-69(41-39-66)83-59-60-86-84(33-19-34-87(86)96(83)72-48-52-76(53-49-72)102-110-99(73-22-8-5-9-23-73)109-100(111-102)74-24-10-6-11-25-74)85-30-16-17-31-88(85)104-113-101(75-26-12-7-13-27-75)112-103(114-104)77-50-46-71(47-51-77)95-80-29-15-14-21-67(80)54-57-82(95)70-44-42-68(43-45-70)81-32-20-36-92-98(81)90-56-37-65(63-107)61-93(90)106(92,3)4/h5-62H,1-4H3. The lowest BCUT2D eigenvalue weighted by molar-refractivity contribution is 0.660.